The molecule has 1 aromatic carbocycles. The van der Waals surface area contributed by atoms with E-state index < -0.39 is 17.9 Å². The second-order valence-corrected chi connectivity index (χ2v) is 5.61. The largest absolute Gasteiger partial charge is 0.481 e. The van der Waals surface area contributed by atoms with Gasteiger partial charge in [-0.2, -0.15) is 0 Å². The minimum absolute atomic E-state index is 0.227. The third-order valence-corrected chi connectivity index (χ3v) is 4.09. The summed E-state index contributed by atoms with van der Waals surface area (Å²) >= 11 is 12.3. The second-order valence-electron chi connectivity index (χ2n) is 4.80. The Balaban J connectivity index is 2.18. The highest BCUT2D eigenvalue weighted by Gasteiger charge is 2.41. The van der Waals surface area contributed by atoms with E-state index in [4.69, 9.17) is 28.3 Å². The number of benzene rings is 1. The van der Waals surface area contributed by atoms with Crippen molar-refractivity contribution in [1.82, 2.24) is 4.98 Å². The molecule has 3 rings (SSSR count). The molecule has 1 N–H and O–H groups in total. The molecule has 2 aromatic rings. The molecule has 1 unspecified atom stereocenters. The van der Waals surface area contributed by atoms with Crippen LogP contribution < -0.4 is 4.90 Å². The first-order chi connectivity index (χ1) is 10.5. The Hall–Kier alpha value is -2.11. The number of fused-ring (bicyclic) bond motifs is 1. The first kappa shape index (κ1) is 14.8. The van der Waals surface area contributed by atoms with Gasteiger partial charge >= 0.3 is 5.97 Å². The van der Waals surface area contributed by atoms with Gasteiger partial charge in [0.1, 0.15) is 5.69 Å². The predicted octanol–water partition coefficient (Wildman–Crippen LogP) is 3.56. The Labute approximate surface area is 136 Å². The van der Waals surface area contributed by atoms with Crippen LogP contribution in [0.25, 0.3) is 0 Å². The minimum atomic E-state index is -1.03. The molecule has 1 aliphatic rings. The molecule has 5 nitrogen and oxygen atoms in total. The number of hydrogen-bond donors (Lipinski definition) is 1. The van der Waals surface area contributed by atoms with E-state index in [1.54, 1.807) is 30.3 Å². The molecule has 1 amide bonds. The lowest BCUT2D eigenvalue weighted by Crippen LogP contribution is -2.30. The van der Waals surface area contributed by atoms with Gasteiger partial charge in [-0.3, -0.25) is 19.5 Å². The van der Waals surface area contributed by atoms with Gasteiger partial charge in [0, 0.05) is 11.8 Å². The summed E-state index contributed by atoms with van der Waals surface area (Å²) in [6.07, 6.45) is 1.23. The van der Waals surface area contributed by atoms with Crippen LogP contribution in [-0.4, -0.2) is 22.0 Å². The third-order valence-electron chi connectivity index (χ3n) is 3.48. The van der Waals surface area contributed by atoms with Crippen LogP contribution in [0.2, 0.25) is 10.0 Å². The number of anilines is 1. The van der Waals surface area contributed by atoms with Crippen LogP contribution in [0, 0.1) is 0 Å². The molecule has 0 spiro atoms. The second kappa shape index (κ2) is 5.59. The number of carbonyl (C=O) groups is 2. The highest BCUT2D eigenvalue weighted by molar-refractivity contribution is 6.40. The van der Waals surface area contributed by atoms with Crippen molar-refractivity contribution in [2.24, 2.45) is 0 Å². The number of para-hydroxylation sites is 1. The maximum Gasteiger partial charge on any atom is 0.305 e. The van der Waals surface area contributed by atoms with Gasteiger partial charge in [-0.25, -0.2) is 0 Å². The van der Waals surface area contributed by atoms with Gasteiger partial charge in [-0.1, -0.05) is 35.3 Å². The van der Waals surface area contributed by atoms with Crippen LogP contribution in [0.1, 0.15) is 28.5 Å². The molecule has 0 saturated carbocycles. The number of carbonyl (C=O) groups excluding carboxylic acids is 1. The van der Waals surface area contributed by atoms with Gasteiger partial charge in [0.05, 0.1) is 28.2 Å². The average molecular weight is 337 g/mol. The van der Waals surface area contributed by atoms with Crippen molar-refractivity contribution in [3.8, 4) is 0 Å². The molecule has 0 saturated heterocycles. The zero-order valence-electron chi connectivity index (χ0n) is 11.2. The van der Waals surface area contributed by atoms with E-state index in [9.17, 15) is 9.59 Å². The van der Waals surface area contributed by atoms with E-state index in [1.165, 1.54) is 11.1 Å². The van der Waals surface area contributed by atoms with Crippen LogP contribution >= 0.6 is 23.2 Å². The van der Waals surface area contributed by atoms with Crippen LogP contribution in [0.4, 0.5) is 5.69 Å². The van der Waals surface area contributed by atoms with Gasteiger partial charge < -0.3 is 5.11 Å². The van der Waals surface area contributed by atoms with Crippen LogP contribution in [0.5, 0.6) is 0 Å². The highest BCUT2D eigenvalue weighted by Crippen LogP contribution is 2.44. The Kier molecular flexibility index (Phi) is 3.76. The van der Waals surface area contributed by atoms with Crippen molar-refractivity contribution in [3.63, 3.8) is 0 Å². The molecule has 22 heavy (non-hydrogen) atoms. The molecule has 0 fully saturated rings. The van der Waals surface area contributed by atoms with Gasteiger partial charge in [-0.15, -0.1) is 0 Å². The lowest BCUT2D eigenvalue weighted by atomic mass is 10.1. The first-order valence-corrected chi connectivity index (χ1v) is 7.20. The van der Waals surface area contributed by atoms with Crippen molar-refractivity contribution in [2.75, 3.05) is 4.90 Å². The quantitative estimate of drug-likeness (QED) is 0.930. The molecule has 0 radical (unpaired) electrons. The molecule has 1 atom stereocenters. The van der Waals surface area contributed by atoms with Gasteiger partial charge in [0.2, 0.25) is 0 Å². The predicted molar refractivity (Wildman–Crippen MR) is 82.5 cm³/mol. The van der Waals surface area contributed by atoms with Crippen molar-refractivity contribution in [3.05, 3.63) is 57.8 Å². The third kappa shape index (κ3) is 2.32. The molecule has 1 aromatic heterocycles. The van der Waals surface area contributed by atoms with E-state index in [0.717, 1.165) is 0 Å². The van der Waals surface area contributed by atoms with Crippen LogP contribution in [-0.2, 0) is 4.79 Å². The lowest BCUT2D eigenvalue weighted by molar-refractivity contribution is -0.137. The molecule has 112 valence electrons. The lowest BCUT2D eigenvalue weighted by Gasteiger charge is -2.25. The number of nitrogens with zero attached hydrogens (tertiary/aromatic N) is 2. The zero-order valence-corrected chi connectivity index (χ0v) is 12.7. The van der Waals surface area contributed by atoms with E-state index in [1.807, 2.05) is 0 Å². The van der Waals surface area contributed by atoms with Gasteiger partial charge in [0.25, 0.3) is 5.91 Å². The fraction of sp³-hybridized carbons (Fsp3) is 0.133. The number of halogens is 2. The molecular weight excluding hydrogens is 327 g/mol. The fourth-order valence-electron chi connectivity index (χ4n) is 2.60. The standard InChI is InChI=1S/C15H10Cl2N2O3/c16-9-4-1-5-10(17)14(9)19-11(7-12(20)21)8-3-2-6-18-13(8)15(19)22/h1-6,11H,7H2,(H,20,21). The van der Waals surface area contributed by atoms with Crippen molar-refractivity contribution in [1.29, 1.82) is 0 Å². The summed E-state index contributed by atoms with van der Waals surface area (Å²) in [5, 5.41) is 9.73. The topological polar surface area (TPSA) is 70.5 Å². The maximum atomic E-state index is 12.6. The number of aliphatic carboxylic acids is 1. The zero-order chi connectivity index (χ0) is 15.9. The van der Waals surface area contributed by atoms with E-state index in [2.05, 4.69) is 4.98 Å². The fourth-order valence-corrected chi connectivity index (χ4v) is 3.18. The number of rotatable bonds is 3. The summed E-state index contributed by atoms with van der Waals surface area (Å²) in [5.74, 6) is -1.43. The minimum Gasteiger partial charge on any atom is -0.481 e. The van der Waals surface area contributed by atoms with Crippen LogP contribution in [0.3, 0.4) is 0 Å². The number of pyridine rings is 1. The van der Waals surface area contributed by atoms with Gasteiger partial charge in [0.15, 0.2) is 0 Å². The van der Waals surface area contributed by atoms with E-state index >= 15 is 0 Å². The van der Waals surface area contributed by atoms with Crippen LogP contribution in [0.15, 0.2) is 36.5 Å². The van der Waals surface area contributed by atoms with Gasteiger partial charge in [-0.05, 0) is 18.2 Å². The van der Waals surface area contributed by atoms with E-state index in [-0.39, 0.29) is 22.2 Å². The Morgan fingerprint density at radius 1 is 1.23 bits per heavy atom. The van der Waals surface area contributed by atoms with Crippen molar-refractivity contribution in [2.45, 2.75) is 12.5 Å². The Morgan fingerprint density at radius 2 is 1.91 bits per heavy atom. The highest BCUT2D eigenvalue weighted by atomic mass is 35.5. The molecule has 7 heteroatoms. The van der Waals surface area contributed by atoms with Crippen molar-refractivity contribution < 1.29 is 14.7 Å². The number of aromatic nitrogens is 1. The van der Waals surface area contributed by atoms with E-state index in [0.29, 0.717) is 11.3 Å². The monoisotopic (exact) mass is 336 g/mol. The molecule has 1 aliphatic heterocycles. The summed E-state index contributed by atoms with van der Waals surface area (Å²) in [6, 6.07) is 7.53. The molecular formula is C15H10Cl2N2O3. The number of hydrogen-bond acceptors (Lipinski definition) is 3. The normalized spacial score (nSPS) is 16.7. The molecule has 2 heterocycles. The number of carboxylic acid groups (broad SMARTS) is 1. The number of amides is 1. The average Bonchev–Trinajstić information content (AvgIpc) is 2.73. The smallest absolute Gasteiger partial charge is 0.305 e. The summed E-state index contributed by atoms with van der Waals surface area (Å²) in [4.78, 5) is 29.2. The first-order valence-electron chi connectivity index (χ1n) is 6.45. The maximum absolute atomic E-state index is 12.6. The van der Waals surface area contributed by atoms with Crippen molar-refractivity contribution >= 4 is 40.8 Å². The summed E-state index contributed by atoms with van der Waals surface area (Å²) in [7, 11) is 0. The summed E-state index contributed by atoms with van der Waals surface area (Å²) in [6.45, 7) is 0. The summed E-state index contributed by atoms with van der Waals surface area (Å²) < 4.78 is 0. The Morgan fingerprint density at radius 3 is 2.55 bits per heavy atom. The molecule has 0 aliphatic carbocycles. The number of carboxylic acids is 1. The SMILES string of the molecule is O=C(O)CC1c2cccnc2C(=O)N1c1c(Cl)cccc1Cl. The Bertz CT molecular complexity index is 759. The summed E-state index contributed by atoms with van der Waals surface area (Å²) in [5.41, 5.74) is 1.09. The molecule has 0 bridgehead atoms.